The smallest absolute Gasteiger partial charge is 0.313 e. The van der Waals surface area contributed by atoms with E-state index in [4.69, 9.17) is 28.9 Å². The Bertz CT molecular complexity index is 282. The fraction of sp³-hybridized carbons (Fsp3) is 0.429. The van der Waals surface area contributed by atoms with E-state index < -0.39 is 23.2 Å². The molecule has 13 heavy (non-hydrogen) atoms. The van der Waals surface area contributed by atoms with Gasteiger partial charge in [-0.3, -0.25) is 0 Å². The lowest BCUT2D eigenvalue weighted by molar-refractivity contribution is -0.172. The Morgan fingerprint density at radius 3 is 2.31 bits per heavy atom. The lowest BCUT2D eigenvalue weighted by atomic mass is 9.91. The molecule has 1 nitrogen and oxygen atoms in total. The summed E-state index contributed by atoms with van der Waals surface area (Å²) in [6.45, 7) is 0. The number of hydrogen-bond acceptors (Lipinski definition) is 1. The maximum Gasteiger partial charge on any atom is 0.411 e. The first-order valence-corrected chi connectivity index (χ1v) is 4.12. The van der Waals surface area contributed by atoms with E-state index >= 15 is 0 Å². The Hall–Kier alpha value is -0.190. The Morgan fingerprint density at radius 2 is 1.92 bits per heavy atom. The standard InChI is InChI=1S/C7H6Cl2F3N/c8-4-1-2-6(13,5(9)3-4)7(10,11)12/h1,3H,2,13H2. The lowest BCUT2D eigenvalue weighted by Gasteiger charge is -2.32. The molecule has 0 aromatic carbocycles. The summed E-state index contributed by atoms with van der Waals surface area (Å²) in [7, 11) is 0. The maximum absolute atomic E-state index is 12.4. The first-order chi connectivity index (χ1) is 5.77. The molecule has 0 aliphatic heterocycles. The molecule has 0 aromatic heterocycles. The summed E-state index contributed by atoms with van der Waals surface area (Å²) >= 11 is 10.9. The fourth-order valence-electron chi connectivity index (χ4n) is 0.916. The van der Waals surface area contributed by atoms with Crippen molar-refractivity contribution in [3.8, 4) is 0 Å². The number of hydrogen-bond donors (Lipinski definition) is 1. The van der Waals surface area contributed by atoms with Gasteiger partial charge < -0.3 is 5.73 Å². The zero-order chi connectivity index (χ0) is 10.3. The van der Waals surface area contributed by atoms with Crippen LogP contribution in [0.4, 0.5) is 13.2 Å². The van der Waals surface area contributed by atoms with Gasteiger partial charge in [-0.15, -0.1) is 0 Å². The number of alkyl halides is 3. The van der Waals surface area contributed by atoms with E-state index in [9.17, 15) is 13.2 Å². The quantitative estimate of drug-likeness (QED) is 0.682. The number of nitrogens with two attached hydrogens (primary N) is 1. The second-order valence-corrected chi connectivity index (χ2v) is 3.60. The van der Waals surface area contributed by atoms with Crippen molar-refractivity contribution in [1.29, 1.82) is 0 Å². The average molecular weight is 232 g/mol. The highest BCUT2D eigenvalue weighted by Gasteiger charge is 2.54. The van der Waals surface area contributed by atoms with Gasteiger partial charge in [-0.2, -0.15) is 13.2 Å². The van der Waals surface area contributed by atoms with Gasteiger partial charge in [-0.25, -0.2) is 0 Å². The first kappa shape index (κ1) is 10.9. The Balaban J connectivity index is 3.05. The molecule has 1 unspecified atom stereocenters. The molecule has 0 amide bonds. The molecule has 1 aliphatic carbocycles. The van der Waals surface area contributed by atoms with Gasteiger partial charge in [-0.1, -0.05) is 29.3 Å². The molecule has 0 fully saturated rings. The summed E-state index contributed by atoms with van der Waals surface area (Å²) in [5.74, 6) is 0. The third-order valence-electron chi connectivity index (χ3n) is 1.82. The van der Waals surface area contributed by atoms with E-state index in [-0.39, 0.29) is 5.03 Å². The maximum atomic E-state index is 12.4. The molecule has 0 bridgehead atoms. The number of allylic oxidation sites excluding steroid dienone is 2. The summed E-state index contributed by atoms with van der Waals surface area (Å²) < 4.78 is 37.1. The van der Waals surface area contributed by atoms with Gasteiger partial charge in [0.05, 0.1) is 0 Å². The van der Waals surface area contributed by atoms with Crippen LogP contribution in [0.3, 0.4) is 0 Å². The summed E-state index contributed by atoms with van der Waals surface area (Å²) in [5, 5.41) is -0.303. The third kappa shape index (κ3) is 1.85. The highest BCUT2D eigenvalue weighted by molar-refractivity contribution is 6.35. The molecular weight excluding hydrogens is 226 g/mol. The van der Waals surface area contributed by atoms with Crippen molar-refractivity contribution >= 4 is 23.2 Å². The highest BCUT2D eigenvalue weighted by Crippen LogP contribution is 2.41. The normalized spacial score (nSPS) is 29.7. The van der Waals surface area contributed by atoms with Crippen molar-refractivity contribution in [2.45, 2.75) is 18.1 Å². The summed E-state index contributed by atoms with van der Waals surface area (Å²) in [4.78, 5) is 0. The van der Waals surface area contributed by atoms with Gasteiger partial charge in [0, 0.05) is 10.1 Å². The Morgan fingerprint density at radius 1 is 1.38 bits per heavy atom. The molecule has 1 aliphatic rings. The van der Waals surface area contributed by atoms with Gasteiger partial charge in [0.2, 0.25) is 0 Å². The predicted octanol–water partition coefficient (Wildman–Crippen LogP) is 2.90. The molecule has 0 radical (unpaired) electrons. The van der Waals surface area contributed by atoms with Gasteiger partial charge in [0.15, 0.2) is 5.54 Å². The highest BCUT2D eigenvalue weighted by atomic mass is 35.5. The summed E-state index contributed by atoms with van der Waals surface area (Å²) in [6, 6.07) is 0. The zero-order valence-corrected chi connectivity index (χ0v) is 7.84. The largest absolute Gasteiger partial charge is 0.411 e. The topological polar surface area (TPSA) is 26.0 Å². The van der Waals surface area contributed by atoms with Crippen LogP contribution in [-0.4, -0.2) is 11.7 Å². The molecule has 0 aromatic rings. The van der Waals surface area contributed by atoms with Crippen molar-refractivity contribution in [3.05, 3.63) is 22.2 Å². The van der Waals surface area contributed by atoms with Gasteiger partial charge in [-0.05, 0) is 12.5 Å². The first-order valence-electron chi connectivity index (χ1n) is 3.36. The van der Waals surface area contributed by atoms with Crippen LogP contribution in [0.15, 0.2) is 22.2 Å². The minimum atomic E-state index is -4.56. The molecule has 0 saturated carbocycles. The molecule has 1 atom stereocenters. The van der Waals surface area contributed by atoms with Crippen LogP contribution in [0.2, 0.25) is 0 Å². The third-order valence-corrected chi connectivity index (χ3v) is 2.53. The average Bonchev–Trinajstić information content (AvgIpc) is 1.95. The minimum Gasteiger partial charge on any atom is -0.313 e. The second kappa shape index (κ2) is 3.19. The van der Waals surface area contributed by atoms with Crippen LogP contribution < -0.4 is 5.73 Å². The van der Waals surface area contributed by atoms with Crippen molar-refractivity contribution in [2.75, 3.05) is 0 Å². The molecule has 0 spiro atoms. The van der Waals surface area contributed by atoms with Crippen LogP contribution in [0.25, 0.3) is 0 Å². The van der Waals surface area contributed by atoms with Gasteiger partial charge in [0.25, 0.3) is 0 Å². The van der Waals surface area contributed by atoms with Crippen LogP contribution >= 0.6 is 23.2 Å². The molecule has 0 saturated heterocycles. The van der Waals surface area contributed by atoms with Crippen molar-refractivity contribution in [3.63, 3.8) is 0 Å². The van der Waals surface area contributed by atoms with Crippen LogP contribution in [0.5, 0.6) is 0 Å². The molecule has 74 valence electrons. The van der Waals surface area contributed by atoms with Crippen molar-refractivity contribution in [1.82, 2.24) is 0 Å². The van der Waals surface area contributed by atoms with E-state index in [1.165, 1.54) is 6.08 Å². The van der Waals surface area contributed by atoms with E-state index in [1.54, 1.807) is 0 Å². The van der Waals surface area contributed by atoms with Crippen LogP contribution in [-0.2, 0) is 0 Å². The summed E-state index contributed by atoms with van der Waals surface area (Å²) in [6.07, 6.45) is -2.78. The molecular formula is C7H6Cl2F3N. The van der Waals surface area contributed by atoms with E-state index in [0.717, 1.165) is 6.08 Å². The number of rotatable bonds is 0. The number of halogens is 5. The molecule has 1 rings (SSSR count). The van der Waals surface area contributed by atoms with Gasteiger partial charge >= 0.3 is 6.18 Å². The fourth-order valence-corrected chi connectivity index (χ4v) is 1.46. The second-order valence-electron chi connectivity index (χ2n) is 2.75. The summed E-state index contributed by atoms with van der Waals surface area (Å²) in [5.41, 5.74) is 2.63. The Labute approximate surface area is 83.0 Å². The molecule has 6 heteroatoms. The van der Waals surface area contributed by atoms with Crippen LogP contribution in [0.1, 0.15) is 6.42 Å². The Kier molecular flexibility index (Phi) is 2.67. The monoisotopic (exact) mass is 231 g/mol. The SMILES string of the molecule is NC1(C(F)(F)F)CC=C(Cl)C=C1Cl. The minimum absolute atomic E-state index is 0.176. The predicted molar refractivity (Wildman–Crippen MR) is 45.5 cm³/mol. The van der Waals surface area contributed by atoms with Crippen LogP contribution in [0, 0.1) is 0 Å². The lowest BCUT2D eigenvalue weighted by Crippen LogP contribution is -2.54. The molecule has 2 N–H and O–H groups in total. The van der Waals surface area contributed by atoms with E-state index in [1.807, 2.05) is 0 Å². The zero-order valence-electron chi connectivity index (χ0n) is 6.33. The van der Waals surface area contributed by atoms with E-state index in [0.29, 0.717) is 0 Å². The van der Waals surface area contributed by atoms with E-state index in [2.05, 4.69) is 0 Å². The van der Waals surface area contributed by atoms with Crippen molar-refractivity contribution < 1.29 is 13.2 Å². The van der Waals surface area contributed by atoms with Crippen molar-refractivity contribution in [2.24, 2.45) is 5.73 Å². The van der Waals surface area contributed by atoms with Gasteiger partial charge in [0.1, 0.15) is 0 Å². The molecule has 0 heterocycles.